The van der Waals surface area contributed by atoms with Gasteiger partial charge in [-0.15, -0.1) is 0 Å². The van der Waals surface area contributed by atoms with Crippen LogP contribution in [0.3, 0.4) is 0 Å². The van der Waals surface area contributed by atoms with Crippen LogP contribution in [0.25, 0.3) is 0 Å². The minimum Gasteiger partial charge on any atom is -0.491 e. The lowest BCUT2D eigenvalue weighted by Gasteiger charge is -2.49. The number of amides is 4. The van der Waals surface area contributed by atoms with Gasteiger partial charge in [0.05, 0.1) is 35.5 Å². The van der Waals surface area contributed by atoms with Crippen LogP contribution in [0.5, 0.6) is 5.75 Å². The van der Waals surface area contributed by atoms with Crippen LogP contribution in [0, 0.1) is 29.1 Å². The molecule has 2 saturated heterocycles. The summed E-state index contributed by atoms with van der Waals surface area (Å²) >= 11 is 0. The normalized spacial score (nSPS) is 31.7. The highest BCUT2D eigenvalue weighted by molar-refractivity contribution is 6.24. The van der Waals surface area contributed by atoms with E-state index < -0.39 is 29.1 Å². The van der Waals surface area contributed by atoms with Gasteiger partial charge in [-0.2, -0.15) is 0 Å². The summed E-state index contributed by atoms with van der Waals surface area (Å²) in [6.07, 6.45) is 2.78. The van der Waals surface area contributed by atoms with E-state index in [2.05, 4.69) is 0 Å². The predicted octanol–water partition coefficient (Wildman–Crippen LogP) is 3.31. The zero-order chi connectivity index (χ0) is 27.5. The maximum atomic E-state index is 14.4. The van der Waals surface area contributed by atoms with Crippen molar-refractivity contribution >= 4 is 29.3 Å². The van der Waals surface area contributed by atoms with Crippen LogP contribution in [0.15, 0.2) is 66.2 Å². The fourth-order valence-electron chi connectivity index (χ4n) is 7.57. The Kier molecular flexibility index (Phi) is 6.18. The van der Waals surface area contributed by atoms with Crippen molar-refractivity contribution in [3.05, 3.63) is 71.8 Å². The van der Waals surface area contributed by atoms with Crippen LogP contribution >= 0.6 is 0 Å². The molecule has 1 saturated carbocycles. The number of hydrogen-bond acceptors (Lipinski definition) is 6. The molecule has 2 aromatic rings. The van der Waals surface area contributed by atoms with Crippen LogP contribution < -0.4 is 9.64 Å². The van der Waals surface area contributed by atoms with Crippen LogP contribution in [0.2, 0.25) is 0 Å². The second kappa shape index (κ2) is 9.45. The molecule has 39 heavy (non-hydrogen) atoms. The van der Waals surface area contributed by atoms with Crippen LogP contribution in [0.1, 0.15) is 38.2 Å². The molecule has 2 aliphatic carbocycles. The standard InChI is InChI=1S/C31H32N2O6/c1-3-32-27(35)21-14-13-19-22(25(21)29(32)37)17-23-28(36)33(18-9-5-4-6-10-18)30(38)31(23,2)26(19)20-11-7-8-12-24(20)39-16-15-34/h4-13,21-23,25-26,34H,3,14-17H2,1-2H3/t21-,22+,23-,25-,26+,31+/m0/s1. The van der Waals surface area contributed by atoms with Crippen LogP contribution in [-0.2, 0) is 19.2 Å². The summed E-state index contributed by atoms with van der Waals surface area (Å²) in [7, 11) is 0. The maximum Gasteiger partial charge on any atom is 0.241 e. The summed E-state index contributed by atoms with van der Waals surface area (Å²) in [5, 5.41) is 9.44. The van der Waals surface area contributed by atoms with Gasteiger partial charge < -0.3 is 9.84 Å². The Morgan fingerprint density at radius 3 is 2.38 bits per heavy atom. The lowest BCUT2D eigenvalue weighted by atomic mass is 9.51. The van der Waals surface area contributed by atoms with Crippen molar-refractivity contribution in [3.8, 4) is 5.75 Å². The van der Waals surface area contributed by atoms with Gasteiger partial charge in [0.1, 0.15) is 12.4 Å². The van der Waals surface area contributed by atoms with Crippen LogP contribution in [-0.4, -0.2) is 53.4 Å². The molecule has 4 aliphatic rings. The molecule has 6 atom stereocenters. The Bertz CT molecular complexity index is 1390. The van der Waals surface area contributed by atoms with Crippen molar-refractivity contribution in [2.45, 2.75) is 32.6 Å². The average Bonchev–Trinajstić information content (AvgIpc) is 3.31. The van der Waals surface area contributed by atoms with Crippen molar-refractivity contribution in [1.82, 2.24) is 4.90 Å². The molecule has 2 aromatic carbocycles. The number of ether oxygens (including phenoxy) is 1. The Labute approximate surface area is 227 Å². The molecule has 0 aromatic heterocycles. The van der Waals surface area contributed by atoms with E-state index >= 15 is 0 Å². The van der Waals surface area contributed by atoms with Crippen molar-refractivity contribution in [1.29, 1.82) is 0 Å². The molecule has 8 nitrogen and oxygen atoms in total. The van der Waals surface area contributed by atoms with E-state index in [1.165, 1.54) is 9.80 Å². The first kappa shape index (κ1) is 25.5. The Morgan fingerprint density at radius 1 is 0.949 bits per heavy atom. The number of nitrogens with zero attached hydrogens (tertiary/aromatic N) is 2. The summed E-state index contributed by atoms with van der Waals surface area (Å²) in [6.45, 7) is 3.88. The number of para-hydroxylation sites is 2. The number of carbonyl (C=O) groups excluding carboxylic acids is 4. The maximum absolute atomic E-state index is 14.4. The first-order valence-electron chi connectivity index (χ1n) is 13.7. The monoisotopic (exact) mass is 528 g/mol. The molecular formula is C31H32N2O6. The Balaban J connectivity index is 1.54. The van der Waals surface area contributed by atoms with Gasteiger partial charge in [0.25, 0.3) is 0 Å². The third-order valence-corrected chi connectivity index (χ3v) is 9.28. The predicted molar refractivity (Wildman–Crippen MR) is 142 cm³/mol. The summed E-state index contributed by atoms with van der Waals surface area (Å²) in [5.41, 5.74) is 1.06. The van der Waals surface area contributed by atoms with E-state index in [0.29, 0.717) is 30.8 Å². The van der Waals surface area contributed by atoms with E-state index in [0.717, 1.165) is 11.1 Å². The number of allylic oxidation sites excluding steroid dienone is 2. The van der Waals surface area contributed by atoms with E-state index in [1.807, 2.05) is 37.3 Å². The minimum absolute atomic E-state index is 0.0819. The first-order chi connectivity index (χ1) is 18.8. The summed E-state index contributed by atoms with van der Waals surface area (Å²) in [6, 6.07) is 16.3. The number of carbonyl (C=O) groups is 4. The smallest absolute Gasteiger partial charge is 0.241 e. The number of anilines is 1. The topological polar surface area (TPSA) is 104 Å². The number of fused-ring (bicyclic) bond motifs is 4. The van der Waals surface area contributed by atoms with Crippen molar-refractivity contribution < 1.29 is 29.0 Å². The average molecular weight is 529 g/mol. The van der Waals surface area contributed by atoms with Crippen molar-refractivity contribution in [2.24, 2.45) is 29.1 Å². The zero-order valence-electron chi connectivity index (χ0n) is 22.1. The zero-order valence-corrected chi connectivity index (χ0v) is 22.1. The molecule has 2 aliphatic heterocycles. The summed E-state index contributed by atoms with van der Waals surface area (Å²) in [5.74, 6) is -2.94. The number of likely N-dealkylation sites (tertiary alicyclic amines) is 1. The molecule has 8 heteroatoms. The molecule has 0 unspecified atom stereocenters. The summed E-state index contributed by atoms with van der Waals surface area (Å²) < 4.78 is 5.93. The third-order valence-electron chi connectivity index (χ3n) is 9.28. The molecule has 0 bridgehead atoms. The molecule has 0 spiro atoms. The number of benzene rings is 2. The molecule has 3 fully saturated rings. The van der Waals surface area contributed by atoms with E-state index in [9.17, 15) is 24.3 Å². The lowest BCUT2D eigenvalue weighted by molar-refractivity contribution is -0.140. The molecular weight excluding hydrogens is 496 g/mol. The lowest BCUT2D eigenvalue weighted by Crippen LogP contribution is -2.49. The van der Waals surface area contributed by atoms with Crippen molar-refractivity contribution in [3.63, 3.8) is 0 Å². The largest absolute Gasteiger partial charge is 0.491 e. The van der Waals surface area contributed by atoms with Gasteiger partial charge in [0, 0.05) is 18.0 Å². The van der Waals surface area contributed by atoms with E-state index in [4.69, 9.17) is 4.74 Å². The quantitative estimate of drug-likeness (QED) is 0.456. The highest BCUT2D eigenvalue weighted by atomic mass is 16.5. The van der Waals surface area contributed by atoms with Gasteiger partial charge >= 0.3 is 0 Å². The van der Waals surface area contributed by atoms with Gasteiger partial charge in [0.15, 0.2) is 0 Å². The summed E-state index contributed by atoms with van der Waals surface area (Å²) in [4.78, 5) is 57.8. The fraction of sp³-hybridized carbons (Fsp3) is 0.419. The molecule has 0 radical (unpaired) electrons. The number of rotatable bonds is 6. The van der Waals surface area contributed by atoms with E-state index in [-0.39, 0.29) is 42.8 Å². The highest BCUT2D eigenvalue weighted by Crippen LogP contribution is 2.64. The van der Waals surface area contributed by atoms with Gasteiger partial charge in [-0.3, -0.25) is 24.1 Å². The van der Waals surface area contributed by atoms with Crippen molar-refractivity contribution in [2.75, 3.05) is 24.7 Å². The van der Waals surface area contributed by atoms with Gasteiger partial charge in [-0.05, 0) is 50.8 Å². The van der Waals surface area contributed by atoms with Gasteiger partial charge in [0.2, 0.25) is 23.6 Å². The highest BCUT2D eigenvalue weighted by Gasteiger charge is 2.67. The molecule has 202 valence electrons. The SMILES string of the molecule is CCN1C(=O)[C@H]2[C@H](CC=C3[C@H]2C[C@H]2C(=O)N(c4ccccc4)C(=O)[C@@]2(C)[C@H]3c2ccccc2OCCO)C1=O. The minimum atomic E-state index is -1.13. The van der Waals surface area contributed by atoms with Gasteiger partial charge in [-0.25, -0.2) is 4.90 Å². The number of hydrogen-bond donors (Lipinski definition) is 1. The third kappa shape index (κ3) is 3.54. The second-order valence-corrected chi connectivity index (χ2v) is 11.0. The fourth-order valence-corrected chi connectivity index (χ4v) is 7.57. The Hall–Kier alpha value is -3.78. The van der Waals surface area contributed by atoms with Crippen LogP contribution in [0.4, 0.5) is 5.69 Å². The molecule has 2 heterocycles. The second-order valence-electron chi connectivity index (χ2n) is 11.0. The number of aliphatic hydroxyl groups is 1. The first-order valence-corrected chi connectivity index (χ1v) is 13.7. The van der Waals surface area contributed by atoms with E-state index in [1.54, 1.807) is 37.3 Å². The molecule has 4 amide bonds. The molecule has 1 N–H and O–H groups in total. The van der Waals surface area contributed by atoms with Gasteiger partial charge in [-0.1, -0.05) is 48.0 Å². The molecule has 6 rings (SSSR count). The Morgan fingerprint density at radius 2 is 1.67 bits per heavy atom. The number of aliphatic hydroxyl groups excluding tert-OH is 1. The number of imide groups is 2.